The quantitative estimate of drug-likeness (QED) is 0.373. The minimum absolute atomic E-state index is 0.000617. The first-order valence-corrected chi connectivity index (χ1v) is 13.9. The largest absolute Gasteiger partial charge is 0.465 e. The van der Waals surface area contributed by atoms with Gasteiger partial charge in [-0.2, -0.15) is 4.31 Å². The zero-order chi connectivity index (χ0) is 27.6. The number of carbonyl (C=O) groups is 3. The molecule has 0 saturated carbocycles. The van der Waals surface area contributed by atoms with E-state index in [9.17, 15) is 22.8 Å². The Bertz CT molecular complexity index is 1320. The van der Waals surface area contributed by atoms with Gasteiger partial charge in [0.15, 0.2) is 0 Å². The van der Waals surface area contributed by atoms with Gasteiger partial charge in [0, 0.05) is 12.5 Å². The normalized spacial score (nSPS) is 23.8. The average molecular weight is 541 g/mol. The SMILES string of the molecule is C=C(C)[C@@H]1CN(S(=O)(=O)c2ccc(C)cc2)[C@H](C(=O)OCC)[C@H]1C(=O)N1C(=O)OC[C@@H]1Cc1ccccc1. The maximum atomic E-state index is 14.1. The molecule has 4 atom stereocenters. The molecule has 2 aromatic rings. The van der Waals surface area contributed by atoms with Crippen LogP contribution in [0.2, 0.25) is 0 Å². The summed E-state index contributed by atoms with van der Waals surface area (Å²) in [5.41, 5.74) is 2.30. The number of amides is 2. The van der Waals surface area contributed by atoms with Crippen LogP contribution in [0.1, 0.15) is 25.0 Å². The second-order valence-corrected chi connectivity index (χ2v) is 11.6. The van der Waals surface area contributed by atoms with E-state index in [0.29, 0.717) is 12.0 Å². The number of aryl methyl sites for hydroxylation is 1. The van der Waals surface area contributed by atoms with Crippen molar-refractivity contribution in [3.63, 3.8) is 0 Å². The fraction of sp³-hybridized carbons (Fsp3) is 0.393. The maximum Gasteiger partial charge on any atom is 0.416 e. The topological polar surface area (TPSA) is 110 Å². The van der Waals surface area contributed by atoms with Crippen LogP contribution in [0.25, 0.3) is 0 Å². The molecule has 2 fully saturated rings. The average Bonchev–Trinajstić information content (AvgIpc) is 3.46. The Labute approximate surface area is 223 Å². The van der Waals surface area contributed by atoms with E-state index in [0.717, 1.165) is 20.3 Å². The van der Waals surface area contributed by atoms with Gasteiger partial charge in [-0.05, 0) is 44.9 Å². The van der Waals surface area contributed by atoms with Crippen LogP contribution in [0.3, 0.4) is 0 Å². The molecule has 0 unspecified atom stereocenters. The maximum absolute atomic E-state index is 14.1. The minimum Gasteiger partial charge on any atom is -0.465 e. The third-order valence-electron chi connectivity index (χ3n) is 7.05. The van der Waals surface area contributed by atoms with Gasteiger partial charge in [0.05, 0.1) is 23.5 Å². The second-order valence-electron chi connectivity index (χ2n) is 9.69. The molecule has 38 heavy (non-hydrogen) atoms. The number of ether oxygens (including phenoxy) is 2. The van der Waals surface area contributed by atoms with E-state index in [1.807, 2.05) is 37.3 Å². The van der Waals surface area contributed by atoms with E-state index in [2.05, 4.69) is 6.58 Å². The van der Waals surface area contributed by atoms with Crippen molar-refractivity contribution in [1.29, 1.82) is 0 Å². The molecule has 2 heterocycles. The lowest BCUT2D eigenvalue weighted by Crippen LogP contribution is -2.51. The smallest absolute Gasteiger partial charge is 0.416 e. The highest BCUT2D eigenvalue weighted by atomic mass is 32.2. The Morgan fingerprint density at radius 3 is 2.37 bits per heavy atom. The summed E-state index contributed by atoms with van der Waals surface area (Å²) < 4.78 is 39.1. The van der Waals surface area contributed by atoms with E-state index in [1.165, 1.54) is 12.1 Å². The molecular weight excluding hydrogens is 508 g/mol. The standard InChI is InChI=1S/C28H32N2O7S/c1-5-36-27(32)25-24(26(31)30-21(17-37-28(30)33)15-20-9-7-6-8-10-20)23(18(2)3)16-29(25)38(34,35)22-13-11-19(4)12-14-22/h6-14,21,23-25H,2,5,15-17H2,1,3-4H3/t21-,23-,24-,25-/m0/s1. The molecule has 2 aromatic carbocycles. The van der Waals surface area contributed by atoms with Gasteiger partial charge in [0.1, 0.15) is 12.6 Å². The summed E-state index contributed by atoms with van der Waals surface area (Å²) in [4.78, 5) is 41.2. The van der Waals surface area contributed by atoms with Gasteiger partial charge in [-0.25, -0.2) is 18.1 Å². The predicted octanol–water partition coefficient (Wildman–Crippen LogP) is 3.33. The number of cyclic esters (lactones) is 1. The molecule has 2 amide bonds. The molecular formula is C28H32N2O7S. The van der Waals surface area contributed by atoms with Gasteiger partial charge < -0.3 is 9.47 Å². The molecule has 2 saturated heterocycles. The van der Waals surface area contributed by atoms with Crippen LogP contribution in [0, 0.1) is 18.8 Å². The fourth-order valence-corrected chi connectivity index (χ4v) is 6.73. The number of benzene rings is 2. The van der Waals surface area contributed by atoms with Gasteiger partial charge in [-0.15, -0.1) is 0 Å². The zero-order valence-corrected chi connectivity index (χ0v) is 22.5. The first kappa shape index (κ1) is 27.5. The lowest BCUT2D eigenvalue weighted by molar-refractivity contribution is -0.152. The van der Waals surface area contributed by atoms with Crippen molar-refractivity contribution in [2.75, 3.05) is 19.8 Å². The summed E-state index contributed by atoms with van der Waals surface area (Å²) in [5.74, 6) is -3.46. The molecule has 2 aliphatic rings. The van der Waals surface area contributed by atoms with E-state index in [-0.39, 0.29) is 24.7 Å². The Morgan fingerprint density at radius 2 is 1.76 bits per heavy atom. The lowest BCUT2D eigenvalue weighted by atomic mass is 9.84. The number of carbonyl (C=O) groups excluding carboxylic acids is 3. The molecule has 4 rings (SSSR count). The van der Waals surface area contributed by atoms with E-state index in [1.54, 1.807) is 26.0 Å². The van der Waals surface area contributed by atoms with Crippen LogP contribution in [-0.4, -0.2) is 67.4 Å². The fourth-order valence-electron chi connectivity index (χ4n) is 5.10. The molecule has 10 heteroatoms. The Hall–Kier alpha value is -3.50. The van der Waals surface area contributed by atoms with E-state index >= 15 is 0 Å². The molecule has 0 N–H and O–H groups in total. The van der Waals surface area contributed by atoms with Crippen molar-refractivity contribution in [3.8, 4) is 0 Å². The molecule has 0 aromatic heterocycles. The van der Waals surface area contributed by atoms with Crippen LogP contribution in [0.4, 0.5) is 4.79 Å². The number of rotatable bonds is 8. The van der Waals surface area contributed by atoms with Crippen LogP contribution < -0.4 is 0 Å². The summed E-state index contributed by atoms with van der Waals surface area (Å²) in [6, 6.07) is 13.5. The number of hydrogen-bond acceptors (Lipinski definition) is 7. The summed E-state index contributed by atoms with van der Waals surface area (Å²) in [6.07, 6.45) is -0.461. The highest BCUT2D eigenvalue weighted by molar-refractivity contribution is 7.89. The third-order valence-corrected chi connectivity index (χ3v) is 8.91. The van der Waals surface area contributed by atoms with Gasteiger partial charge in [-0.1, -0.05) is 60.2 Å². The van der Waals surface area contributed by atoms with Gasteiger partial charge in [0.2, 0.25) is 15.9 Å². The Kier molecular flexibility index (Phi) is 8.03. The number of imide groups is 1. The molecule has 9 nitrogen and oxygen atoms in total. The van der Waals surface area contributed by atoms with Crippen LogP contribution in [0.15, 0.2) is 71.6 Å². The highest BCUT2D eigenvalue weighted by Gasteiger charge is 2.57. The highest BCUT2D eigenvalue weighted by Crippen LogP contribution is 2.40. The van der Waals surface area contributed by atoms with E-state index in [4.69, 9.17) is 9.47 Å². The first-order chi connectivity index (χ1) is 18.1. The van der Waals surface area contributed by atoms with Crippen LogP contribution in [-0.2, 0) is 35.5 Å². The van der Waals surface area contributed by atoms with Crippen molar-refractivity contribution >= 4 is 28.0 Å². The van der Waals surface area contributed by atoms with Crippen molar-refractivity contribution in [2.24, 2.45) is 11.8 Å². The Balaban J connectivity index is 1.75. The molecule has 0 radical (unpaired) electrons. The number of nitrogens with zero attached hydrogens (tertiary/aromatic N) is 2. The van der Waals surface area contributed by atoms with Crippen molar-refractivity contribution in [3.05, 3.63) is 77.9 Å². The Morgan fingerprint density at radius 1 is 1.11 bits per heavy atom. The van der Waals surface area contributed by atoms with E-state index < -0.39 is 51.9 Å². The predicted molar refractivity (Wildman–Crippen MR) is 139 cm³/mol. The third kappa shape index (κ3) is 5.23. The summed E-state index contributed by atoms with van der Waals surface area (Å²) in [6.45, 7) is 8.94. The van der Waals surface area contributed by atoms with Crippen LogP contribution >= 0.6 is 0 Å². The molecule has 2 aliphatic heterocycles. The summed E-state index contributed by atoms with van der Waals surface area (Å²) >= 11 is 0. The number of hydrogen-bond donors (Lipinski definition) is 0. The lowest BCUT2D eigenvalue weighted by Gasteiger charge is -2.29. The number of esters is 1. The van der Waals surface area contributed by atoms with Gasteiger partial charge in [-0.3, -0.25) is 9.59 Å². The second kappa shape index (κ2) is 11.1. The van der Waals surface area contributed by atoms with Crippen LogP contribution in [0.5, 0.6) is 0 Å². The van der Waals surface area contributed by atoms with Crippen molar-refractivity contribution in [2.45, 2.75) is 44.2 Å². The monoisotopic (exact) mass is 540 g/mol. The minimum atomic E-state index is -4.20. The van der Waals surface area contributed by atoms with Gasteiger partial charge in [0.25, 0.3) is 0 Å². The number of sulfonamides is 1. The molecule has 202 valence electrons. The van der Waals surface area contributed by atoms with Crippen molar-refractivity contribution in [1.82, 2.24) is 9.21 Å². The molecule has 0 bridgehead atoms. The molecule has 0 aliphatic carbocycles. The van der Waals surface area contributed by atoms with Gasteiger partial charge >= 0.3 is 12.1 Å². The zero-order valence-electron chi connectivity index (χ0n) is 21.7. The summed E-state index contributed by atoms with van der Waals surface area (Å²) in [5, 5.41) is 0. The van der Waals surface area contributed by atoms with Crippen molar-refractivity contribution < 1.29 is 32.3 Å². The summed E-state index contributed by atoms with van der Waals surface area (Å²) in [7, 11) is -4.20. The first-order valence-electron chi connectivity index (χ1n) is 12.5. The molecule has 0 spiro atoms.